The molecule has 6 nitrogen and oxygen atoms in total. The van der Waals surface area contributed by atoms with E-state index in [0.717, 1.165) is 10.4 Å². The summed E-state index contributed by atoms with van der Waals surface area (Å²) in [7, 11) is -4.99. The number of halogens is 1. The maximum atomic E-state index is 11.5. The highest BCUT2D eigenvalue weighted by Crippen LogP contribution is 2.39. The molecule has 0 unspecified atom stereocenters. The smallest absolute Gasteiger partial charge is 0.332 e. The number of carboxylic acid groups (broad SMARTS) is 2. The van der Waals surface area contributed by atoms with E-state index in [1.54, 1.807) is 6.92 Å². The number of carbonyl (C=O) groups is 2. The minimum Gasteiger partial charge on any atom is -0.479 e. The average Bonchev–Trinajstić information content (AvgIpc) is 3.04. The van der Waals surface area contributed by atoms with E-state index in [4.69, 9.17) is 25.7 Å². The molecule has 0 aromatic heterocycles. The molecule has 4 aromatic carbocycles. The van der Waals surface area contributed by atoms with Crippen LogP contribution in [0.5, 0.6) is 0 Å². The van der Waals surface area contributed by atoms with Crippen molar-refractivity contribution in [1.29, 1.82) is 0 Å². The van der Waals surface area contributed by atoms with Gasteiger partial charge in [0.25, 0.3) is 8.32 Å². The van der Waals surface area contributed by atoms with Crippen LogP contribution in [0.15, 0.2) is 121 Å². The molecule has 0 amide bonds. The third-order valence-electron chi connectivity index (χ3n) is 7.85. The van der Waals surface area contributed by atoms with Crippen molar-refractivity contribution in [2.75, 3.05) is 0 Å². The number of rotatable bonds is 8. The van der Waals surface area contributed by atoms with Crippen LogP contribution in [0, 0.1) is 0 Å². The zero-order chi connectivity index (χ0) is 35.5. The molecular formula is C38H49ClO6Si2. The fraction of sp³-hybridized carbons (Fsp3) is 0.316. The normalized spacial score (nSPS) is 13.1. The Morgan fingerprint density at radius 3 is 1.06 bits per heavy atom. The van der Waals surface area contributed by atoms with Crippen molar-refractivity contribution in [3.8, 4) is 0 Å². The first-order valence-electron chi connectivity index (χ1n) is 15.6. The fourth-order valence-corrected chi connectivity index (χ4v) is 14.1. The highest BCUT2D eigenvalue weighted by atomic mass is 35.6. The van der Waals surface area contributed by atoms with E-state index >= 15 is 0 Å². The number of benzene rings is 4. The molecule has 0 saturated heterocycles. The summed E-state index contributed by atoms with van der Waals surface area (Å²) in [6.07, 6.45) is -2.09. The predicted octanol–water partition coefficient (Wildman–Crippen LogP) is 6.27. The third-order valence-corrected chi connectivity index (χ3v) is 20.3. The number of aliphatic hydroxyl groups excluding tert-OH is 1. The van der Waals surface area contributed by atoms with Crippen LogP contribution in [0.3, 0.4) is 0 Å². The van der Waals surface area contributed by atoms with E-state index in [2.05, 4.69) is 114 Å². The van der Waals surface area contributed by atoms with Crippen LogP contribution in [-0.2, 0) is 14.0 Å². The first-order chi connectivity index (χ1) is 21.9. The molecule has 0 aliphatic carbocycles. The first-order valence-corrected chi connectivity index (χ1v) is 20.5. The second kappa shape index (κ2) is 17.0. The van der Waals surface area contributed by atoms with Crippen LogP contribution < -0.4 is 20.7 Å². The zero-order valence-corrected chi connectivity index (χ0v) is 31.4. The summed E-state index contributed by atoms with van der Waals surface area (Å²) in [4.78, 5) is 20.9. The van der Waals surface area contributed by atoms with Crippen molar-refractivity contribution >= 4 is 59.5 Å². The van der Waals surface area contributed by atoms with Crippen molar-refractivity contribution in [2.45, 2.75) is 77.7 Å². The van der Waals surface area contributed by atoms with Gasteiger partial charge in [0.1, 0.15) is 12.2 Å². The maximum absolute atomic E-state index is 11.5. The minimum atomic E-state index is -2.76. The molecule has 0 aliphatic rings. The second-order valence-electron chi connectivity index (χ2n) is 13.4. The topological polar surface area (TPSA) is 104 Å². The lowest BCUT2D eigenvalue weighted by atomic mass is 10.2. The molecule has 0 saturated carbocycles. The lowest BCUT2D eigenvalue weighted by molar-refractivity contribution is -0.146. The van der Waals surface area contributed by atoms with Crippen LogP contribution in [0.1, 0.15) is 55.4 Å². The van der Waals surface area contributed by atoms with Crippen molar-refractivity contribution in [2.24, 2.45) is 0 Å². The molecule has 0 fully saturated rings. The molecule has 4 aromatic rings. The van der Waals surface area contributed by atoms with Crippen LogP contribution >= 0.6 is 11.1 Å². The van der Waals surface area contributed by atoms with Crippen LogP contribution in [0.2, 0.25) is 10.1 Å². The van der Waals surface area contributed by atoms with E-state index in [1.165, 1.54) is 17.3 Å². The summed E-state index contributed by atoms with van der Waals surface area (Å²) in [5, 5.41) is 29.8. The third kappa shape index (κ3) is 9.98. The number of hydrogen-bond acceptors (Lipinski definition) is 4. The van der Waals surface area contributed by atoms with Gasteiger partial charge >= 0.3 is 11.9 Å². The van der Waals surface area contributed by atoms with Crippen molar-refractivity contribution in [3.63, 3.8) is 0 Å². The molecule has 0 spiro atoms. The van der Waals surface area contributed by atoms with Crippen molar-refractivity contribution in [3.05, 3.63) is 121 Å². The van der Waals surface area contributed by atoms with Gasteiger partial charge in [-0.2, -0.15) is 11.1 Å². The molecule has 252 valence electrons. The van der Waals surface area contributed by atoms with Crippen LogP contribution in [-0.4, -0.2) is 55.2 Å². The number of aliphatic hydroxyl groups is 1. The van der Waals surface area contributed by atoms with Crippen LogP contribution in [0.4, 0.5) is 0 Å². The van der Waals surface area contributed by atoms with Gasteiger partial charge in [0.15, 0.2) is 0 Å². The molecule has 2 atom stereocenters. The monoisotopic (exact) mass is 692 g/mol. The van der Waals surface area contributed by atoms with E-state index in [9.17, 15) is 14.7 Å². The molecule has 0 heterocycles. The van der Waals surface area contributed by atoms with Gasteiger partial charge < -0.3 is 19.7 Å². The Bertz CT molecular complexity index is 1440. The van der Waals surface area contributed by atoms with Gasteiger partial charge in [0.05, 0.1) is 0 Å². The molecule has 47 heavy (non-hydrogen) atoms. The number of aliphatic carboxylic acids is 2. The molecule has 9 heteroatoms. The lowest BCUT2D eigenvalue weighted by Crippen LogP contribution is -2.68. The predicted molar refractivity (Wildman–Crippen MR) is 199 cm³/mol. The SMILES string of the molecule is CC(C)(C)[Si](Cl)(c1ccccc1)c1ccccc1.C[C@@H](O)C(=O)O.C[C@@H](O[Si](c1ccccc1)(c1ccccc1)C(C)(C)C)C(=O)O. The van der Waals surface area contributed by atoms with Crippen LogP contribution in [0.25, 0.3) is 0 Å². The quantitative estimate of drug-likeness (QED) is 0.149. The highest BCUT2D eigenvalue weighted by Gasteiger charge is 2.51. The van der Waals surface area contributed by atoms with E-state index < -0.39 is 39.8 Å². The second-order valence-corrected chi connectivity index (χ2v) is 23.3. The van der Waals surface area contributed by atoms with Gasteiger partial charge in [-0.15, -0.1) is 0 Å². The molecule has 0 bridgehead atoms. The Morgan fingerprint density at radius 2 is 0.851 bits per heavy atom. The molecule has 0 aliphatic heterocycles. The Kier molecular flexibility index (Phi) is 14.4. The van der Waals surface area contributed by atoms with E-state index in [0.29, 0.717) is 0 Å². The van der Waals surface area contributed by atoms with Gasteiger partial charge in [-0.1, -0.05) is 163 Å². The molecular weight excluding hydrogens is 644 g/mol. The highest BCUT2D eigenvalue weighted by molar-refractivity contribution is 7.35. The Hall–Kier alpha value is -3.54. The maximum Gasteiger partial charge on any atom is 0.332 e. The summed E-state index contributed by atoms with van der Waals surface area (Å²) in [5.41, 5.74) is 0. The van der Waals surface area contributed by atoms with E-state index in [-0.39, 0.29) is 10.1 Å². The summed E-state index contributed by atoms with van der Waals surface area (Å²) in [6.45, 7) is 15.9. The van der Waals surface area contributed by atoms with Gasteiger partial charge in [0, 0.05) is 0 Å². The van der Waals surface area contributed by atoms with Gasteiger partial charge in [0.2, 0.25) is 7.38 Å². The molecule has 3 N–H and O–H groups in total. The zero-order valence-electron chi connectivity index (χ0n) is 28.6. The Balaban J connectivity index is 0.000000284. The molecule has 0 radical (unpaired) electrons. The Morgan fingerprint density at radius 1 is 0.574 bits per heavy atom. The standard InChI is InChI=1S/C19H24O3Si.C16H19ClSi.C3H6O3/c1-15(18(20)21)22-23(19(2,3)4,16-11-7-5-8-12-16)17-13-9-6-10-14-17;1-16(2,3)18(17,14-10-6-4-7-11-14)15-12-8-5-9-13-15;1-2(4)3(5)6/h5-15H,1-4H3,(H,20,21);4-13H,1-3H3;2,4H,1H3,(H,5,6)/t15-;;2-/m1.1/s1. The average molecular weight is 693 g/mol. The summed E-state index contributed by atoms with van der Waals surface area (Å²) >= 11 is 7.21. The largest absolute Gasteiger partial charge is 0.479 e. The van der Waals surface area contributed by atoms with Crippen molar-refractivity contribution in [1.82, 2.24) is 0 Å². The van der Waals surface area contributed by atoms with Gasteiger partial charge in [-0.25, -0.2) is 9.59 Å². The van der Waals surface area contributed by atoms with E-state index in [1.807, 2.05) is 48.5 Å². The minimum absolute atomic E-state index is 0.0667. The van der Waals surface area contributed by atoms with Gasteiger partial charge in [-0.3, -0.25) is 0 Å². The summed E-state index contributed by atoms with van der Waals surface area (Å²) in [5.74, 6) is -2.12. The van der Waals surface area contributed by atoms with Gasteiger partial charge in [-0.05, 0) is 44.7 Å². The first kappa shape index (κ1) is 39.6. The van der Waals surface area contributed by atoms with Crippen molar-refractivity contribution < 1.29 is 29.3 Å². The lowest BCUT2D eigenvalue weighted by Gasteiger charge is -2.44. The summed E-state index contributed by atoms with van der Waals surface area (Å²) in [6, 6.07) is 41.2. The number of hydrogen-bond donors (Lipinski definition) is 3. The summed E-state index contributed by atoms with van der Waals surface area (Å²) < 4.78 is 6.38. The fourth-order valence-electron chi connectivity index (χ4n) is 5.38. The number of carboxylic acids is 2. The molecule has 4 rings (SSSR count). The Labute approximate surface area is 286 Å².